The van der Waals surface area contributed by atoms with Crippen LogP contribution < -0.4 is 0 Å². The number of thiophene rings is 1. The van der Waals surface area contributed by atoms with Gasteiger partial charge in [-0.05, 0) is 85.2 Å². The molecule has 0 amide bonds. The van der Waals surface area contributed by atoms with Crippen LogP contribution >= 0.6 is 27.3 Å². The Balaban J connectivity index is 1.81. The molecule has 30 heavy (non-hydrogen) atoms. The summed E-state index contributed by atoms with van der Waals surface area (Å²) in [6.45, 7) is 4.27. The van der Waals surface area contributed by atoms with Crippen LogP contribution in [0.15, 0.2) is 34.8 Å². The Morgan fingerprint density at radius 3 is 2.87 bits per heavy atom. The van der Waals surface area contributed by atoms with Crippen molar-refractivity contribution in [3.63, 3.8) is 0 Å². The highest BCUT2D eigenvalue weighted by Gasteiger charge is 2.37. The molecule has 6 heteroatoms. The summed E-state index contributed by atoms with van der Waals surface area (Å²) < 4.78 is 5.79. The summed E-state index contributed by atoms with van der Waals surface area (Å²) in [5, 5.41) is 20.9. The van der Waals surface area contributed by atoms with Crippen molar-refractivity contribution in [2.45, 2.75) is 71.0 Å². The minimum atomic E-state index is -0.467. The molecular weight excluding hydrogens is 464 g/mol. The van der Waals surface area contributed by atoms with Gasteiger partial charge in [0, 0.05) is 20.6 Å². The number of esters is 1. The summed E-state index contributed by atoms with van der Waals surface area (Å²) in [5.41, 5.74) is 0. The number of methoxy groups -OCH3 is 1. The van der Waals surface area contributed by atoms with Crippen LogP contribution in [-0.4, -0.2) is 35.5 Å². The highest BCUT2D eigenvalue weighted by molar-refractivity contribution is 9.10. The van der Waals surface area contributed by atoms with Gasteiger partial charge >= 0.3 is 5.97 Å². The largest absolute Gasteiger partial charge is 0.469 e. The molecule has 1 heterocycles. The molecule has 2 N–H and O–H groups in total. The molecule has 2 rings (SSSR count). The molecule has 2 unspecified atom stereocenters. The fourth-order valence-electron chi connectivity index (χ4n) is 4.16. The van der Waals surface area contributed by atoms with Crippen molar-refractivity contribution in [2.75, 3.05) is 7.11 Å². The predicted molar refractivity (Wildman–Crippen MR) is 127 cm³/mol. The van der Waals surface area contributed by atoms with Crippen molar-refractivity contribution in [1.82, 2.24) is 0 Å². The standard InChI is InChI=1S/C24H35BrO4S/c1-16-14-23(27)21(8-6-4-5-7-9-24(28)29-3)20(16)13-11-18(26)10-12-19-15-22(25)17(2)30-19/h4,6,11,13,15-16,18,20-21,23,26-27H,5,7-10,12,14H2,1-3H3/b6-4-,13-11+/t16?,18-,20-,21+,23?/m0/s1. The predicted octanol–water partition coefficient (Wildman–Crippen LogP) is 5.59. The maximum atomic E-state index is 11.1. The number of halogens is 1. The first-order valence-electron chi connectivity index (χ1n) is 10.8. The third-order valence-corrected chi connectivity index (χ3v) is 8.16. The van der Waals surface area contributed by atoms with Crippen LogP contribution in [0, 0.1) is 24.7 Å². The molecule has 5 atom stereocenters. The fourth-order valence-corrected chi connectivity index (χ4v) is 5.78. The Hall–Kier alpha value is -0.950. The van der Waals surface area contributed by atoms with Crippen LogP contribution in [0.1, 0.15) is 55.2 Å². The van der Waals surface area contributed by atoms with E-state index in [1.807, 2.05) is 6.08 Å². The zero-order valence-corrected chi connectivity index (χ0v) is 20.6. The van der Waals surface area contributed by atoms with Crippen molar-refractivity contribution in [1.29, 1.82) is 0 Å². The van der Waals surface area contributed by atoms with Gasteiger partial charge in [0.05, 0.1) is 19.3 Å². The average Bonchev–Trinajstić information content (AvgIpc) is 3.17. The van der Waals surface area contributed by atoms with Gasteiger partial charge in [0.25, 0.3) is 0 Å². The average molecular weight is 500 g/mol. The first-order chi connectivity index (χ1) is 14.3. The summed E-state index contributed by atoms with van der Waals surface area (Å²) >= 11 is 5.32. The summed E-state index contributed by atoms with van der Waals surface area (Å²) in [6, 6.07) is 2.14. The third kappa shape index (κ3) is 7.95. The van der Waals surface area contributed by atoms with E-state index in [1.165, 1.54) is 16.9 Å². The zero-order valence-electron chi connectivity index (χ0n) is 18.2. The van der Waals surface area contributed by atoms with Gasteiger partial charge in [-0.15, -0.1) is 11.3 Å². The van der Waals surface area contributed by atoms with Crippen LogP contribution in [0.25, 0.3) is 0 Å². The van der Waals surface area contributed by atoms with Gasteiger partial charge in [-0.25, -0.2) is 0 Å². The Labute approximate surface area is 193 Å². The zero-order chi connectivity index (χ0) is 22.1. The summed E-state index contributed by atoms with van der Waals surface area (Å²) in [5.74, 6) is 0.676. The number of hydrogen-bond donors (Lipinski definition) is 2. The van der Waals surface area contributed by atoms with Gasteiger partial charge < -0.3 is 14.9 Å². The highest BCUT2D eigenvalue weighted by atomic mass is 79.9. The van der Waals surface area contributed by atoms with Crippen molar-refractivity contribution in [3.05, 3.63) is 44.6 Å². The first kappa shape index (κ1) is 25.3. The molecular formula is C24H35BrO4S. The minimum absolute atomic E-state index is 0.172. The lowest BCUT2D eigenvalue weighted by atomic mass is 9.86. The van der Waals surface area contributed by atoms with Gasteiger partial charge in [0.15, 0.2) is 0 Å². The number of carbonyl (C=O) groups is 1. The quantitative estimate of drug-likeness (QED) is 0.237. The van der Waals surface area contributed by atoms with E-state index < -0.39 is 6.10 Å². The molecule has 1 aromatic rings. The number of aliphatic hydroxyl groups excluding tert-OH is 2. The summed E-state index contributed by atoms with van der Waals surface area (Å²) in [4.78, 5) is 13.7. The summed E-state index contributed by atoms with van der Waals surface area (Å²) in [7, 11) is 1.41. The molecule has 0 saturated heterocycles. The molecule has 1 aliphatic rings. The number of hydrogen-bond acceptors (Lipinski definition) is 5. The van der Waals surface area contributed by atoms with Gasteiger partial charge in [-0.2, -0.15) is 0 Å². The maximum Gasteiger partial charge on any atom is 0.305 e. The van der Waals surface area contributed by atoms with Crippen LogP contribution in [0.5, 0.6) is 0 Å². The maximum absolute atomic E-state index is 11.1. The van der Waals surface area contributed by atoms with Gasteiger partial charge in [0.1, 0.15) is 0 Å². The molecule has 0 bridgehead atoms. The number of aliphatic hydroxyl groups is 2. The molecule has 1 saturated carbocycles. The van der Waals surface area contributed by atoms with E-state index >= 15 is 0 Å². The van der Waals surface area contributed by atoms with E-state index in [9.17, 15) is 15.0 Å². The van der Waals surface area contributed by atoms with Gasteiger partial charge in [-0.3, -0.25) is 4.79 Å². The second-order valence-corrected chi connectivity index (χ2v) is 10.5. The highest BCUT2D eigenvalue weighted by Crippen LogP contribution is 2.40. The molecule has 0 spiro atoms. The van der Waals surface area contributed by atoms with Crippen molar-refractivity contribution < 1.29 is 19.7 Å². The van der Waals surface area contributed by atoms with Gasteiger partial charge in [-0.1, -0.05) is 31.2 Å². The lowest BCUT2D eigenvalue weighted by molar-refractivity contribution is -0.140. The Morgan fingerprint density at radius 2 is 2.20 bits per heavy atom. The van der Waals surface area contributed by atoms with Crippen LogP contribution in [0.3, 0.4) is 0 Å². The van der Waals surface area contributed by atoms with E-state index in [2.05, 4.69) is 58.8 Å². The topological polar surface area (TPSA) is 66.8 Å². The number of carbonyl (C=O) groups excluding carboxylic acids is 1. The molecule has 1 aliphatic carbocycles. The number of unbranched alkanes of at least 4 members (excludes halogenated alkanes) is 1. The molecule has 168 valence electrons. The molecule has 4 nitrogen and oxygen atoms in total. The molecule has 0 radical (unpaired) electrons. The smallest absolute Gasteiger partial charge is 0.305 e. The second kappa shape index (κ2) is 12.8. The molecule has 1 fully saturated rings. The van der Waals surface area contributed by atoms with E-state index in [-0.39, 0.29) is 23.9 Å². The number of allylic oxidation sites excluding steroid dienone is 3. The van der Waals surface area contributed by atoms with Crippen molar-refractivity contribution >= 4 is 33.2 Å². The van der Waals surface area contributed by atoms with E-state index in [0.29, 0.717) is 18.8 Å². The van der Waals surface area contributed by atoms with Gasteiger partial charge in [0.2, 0.25) is 0 Å². The third-order valence-electron chi connectivity index (χ3n) is 5.96. The lowest BCUT2D eigenvalue weighted by Crippen LogP contribution is -2.18. The normalized spacial score (nSPS) is 25.4. The Bertz CT molecular complexity index is 707. The fraction of sp³-hybridized carbons (Fsp3) is 0.625. The van der Waals surface area contributed by atoms with Crippen LogP contribution in [-0.2, 0) is 16.0 Å². The molecule has 1 aromatic heterocycles. The summed E-state index contributed by atoms with van der Waals surface area (Å²) in [6.07, 6.45) is 12.7. The first-order valence-corrected chi connectivity index (χ1v) is 12.4. The molecule has 0 aliphatic heterocycles. The Kier molecular flexibility index (Phi) is 10.8. The molecule has 0 aromatic carbocycles. The Morgan fingerprint density at radius 1 is 1.43 bits per heavy atom. The minimum Gasteiger partial charge on any atom is -0.469 e. The number of ether oxygens (including phenoxy) is 1. The van der Waals surface area contributed by atoms with Crippen molar-refractivity contribution in [2.24, 2.45) is 17.8 Å². The van der Waals surface area contributed by atoms with E-state index in [1.54, 1.807) is 11.3 Å². The van der Waals surface area contributed by atoms with Crippen molar-refractivity contribution in [3.8, 4) is 0 Å². The number of rotatable bonds is 11. The monoisotopic (exact) mass is 498 g/mol. The lowest BCUT2D eigenvalue weighted by Gasteiger charge is -2.20. The van der Waals surface area contributed by atoms with Crippen LogP contribution in [0.4, 0.5) is 0 Å². The number of aryl methyl sites for hydroxylation is 2. The second-order valence-electron chi connectivity index (χ2n) is 8.30. The van der Waals surface area contributed by atoms with E-state index in [0.717, 1.165) is 36.6 Å². The van der Waals surface area contributed by atoms with Crippen LogP contribution in [0.2, 0.25) is 0 Å². The van der Waals surface area contributed by atoms with E-state index in [4.69, 9.17) is 0 Å². The SMILES string of the molecule is COC(=O)CCC/C=C\C[C@H]1C(O)CC(C)[C@@H]1/C=C/[C@@H](O)CCc1cc(Br)c(C)s1.